The summed E-state index contributed by atoms with van der Waals surface area (Å²) in [7, 11) is 0. The second-order valence-electron chi connectivity index (χ2n) is 5.36. The van der Waals surface area contributed by atoms with Gasteiger partial charge in [-0.25, -0.2) is 4.79 Å². The van der Waals surface area contributed by atoms with E-state index >= 15 is 0 Å². The third-order valence-electron chi connectivity index (χ3n) is 3.11. The number of rotatable bonds is 1. The van der Waals surface area contributed by atoms with E-state index in [-0.39, 0.29) is 11.6 Å². The highest BCUT2D eigenvalue weighted by Gasteiger charge is 2.33. The summed E-state index contributed by atoms with van der Waals surface area (Å²) in [5, 5.41) is 0. The van der Waals surface area contributed by atoms with Gasteiger partial charge in [-0.15, -0.1) is 0 Å². The molecule has 1 aliphatic heterocycles. The molecule has 0 radical (unpaired) electrons. The van der Waals surface area contributed by atoms with E-state index in [4.69, 9.17) is 10.5 Å². The zero-order valence-electron chi connectivity index (χ0n) is 10.1. The highest BCUT2D eigenvalue weighted by Crippen LogP contribution is 2.25. The summed E-state index contributed by atoms with van der Waals surface area (Å²) in [4.78, 5) is 13.1. The molecule has 1 heterocycles. The van der Waals surface area contributed by atoms with Crippen LogP contribution in [0.4, 0.5) is 4.79 Å². The fraction of sp³-hybridized carbons (Fsp3) is 0.909. The molecule has 0 aromatic heterocycles. The Bertz CT molecular complexity index is 235. The summed E-state index contributed by atoms with van der Waals surface area (Å²) in [6.07, 6.45) is 0.327. The Morgan fingerprint density at radius 1 is 1.47 bits per heavy atom. The number of hydrogen-bond acceptors (Lipinski definition) is 3. The molecule has 0 spiro atoms. The fourth-order valence-corrected chi connectivity index (χ4v) is 1.95. The van der Waals surface area contributed by atoms with Gasteiger partial charge in [0.05, 0.1) is 0 Å². The summed E-state index contributed by atoms with van der Waals surface area (Å²) in [6, 6.07) is 0. The molecule has 0 bridgehead atoms. The number of nitrogens with two attached hydrogens (primary N) is 1. The van der Waals surface area contributed by atoms with Crippen LogP contribution in [0.25, 0.3) is 0 Å². The number of ether oxygens (including phenoxy) is 1. The molecule has 2 atom stereocenters. The maximum absolute atomic E-state index is 10.8. The van der Waals surface area contributed by atoms with E-state index in [1.807, 2.05) is 0 Å². The number of hydrogen-bond donors (Lipinski definition) is 1. The molecule has 4 nitrogen and oxygen atoms in total. The molecule has 0 saturated carbocycles. The monoisotopic (exact) mass is 214 g/mol. The van der Waals surface area contributed by atoms with Gasteiger partial charge in [0.25, 0.3) is 0 Å². The van der Waals surface area contributed by atoms with Crippen molar-refractivity contribution in [2.75, 3.05) is 13.1 Å². The Morgan fingerprint density at radius 2 is 2.07 bits per heavy atom. The average Bonchev–Trinajstić information content (AvgIpc) is 2.06. The van der Waals surface area contributed by atoms with Crippen LogP contribution >= 0.6 is 0 Å². The Labute approximate surface area is 91.8 Å². The minimum Gasteiger partial charge on any atom is -0.445 e. The lowest BCUT2D eigenvalue weighted by atomic mass is 9.92. The zero-order valence-corrected chi connectivity index (χ0v) is 10.1. The molecule has 1 saturated heterocycles. The van der Waals surface area contributed by atoms with E-state index in [2.05, 4.69) is 32.6 Å². The van der Waals surface area contributed by atoms with Crippen LogP contribution in [0.3, 0.4) is 0 Å². The van der Waals surface area contributed by atoms with Crippen molar-refractivity contribution in [3.05, 3.63) is 0 Å². The zero-order chi connectivity index (χ0) is 11.6. The molecule has 1 fully saturated rings. The van der Waals surface area contributed by atoms with Gasteiger partial charge < -0.3 is 10.5 Å². The van der Waals surface area contributed by atoms with Gasteiger partial charge >= 0.3 is 6.09 Å². The molecule has 1 amide bonds. The Balaban J connectivity index is 2.60. The van der Waals surface area contributed by atoms with Crippen LogP contribution in [0, 0.1) is 5.92 Å². The maximum Gasteiger partial charge on any atom is 0.404 e. The van der Waals surface area contributed by atoms with Crippen molar-refractivity contribution < 1.29 is 9.53 Å². The maximum atomic E-state index is 10.8. The lowest BCUT2D eigenvalue weighted by Gasteiger charge is -2.43. The molecule has 4 heteroatoms. The van der Waals surface area contributed by atoms with Crippen LogP contribution in [0.5, 0.6) is 0 Å². The number of piperidine rings is 1. The molecule has 1 aliphatic rings. The third-order valence-corrected chi connectivity index (χ3v) is 3.11. The number of carbonyl (C=O) groups excluding carboxylic acids is 1. The van der Waals surface area contributed by atoms with E-state index in [0.717, 1.165) is 19.5 Å². The number of primary amides is 1. The number of nitrogens with zero attached hydrogens (tertiary/aromatic N) is 1. The van der Waals surface area contributed by atoms with Crippen molar-refractivity contribution in [2.45, 2.75) is 45.8 Å². The van der Waals surface area contributed by atoms with Gasteiger partial charge in [0, 0.05) is 12.1 Å². The first-order valence-corrected chi connectivity index (χ1v) is 5.52. The lowest BCUT2D eigenvalue weighted by Crippen LogP contribution is -2.52. The molecular formula is C11H22N2O2. The van der Waals surface area contributed by atoms with Crippen molar-refractivity contribution >= 4 is 6.09 Å². The lowest BCUT2D eigenvalue weighted by molar-refractivity contribution is -0.0174. The van der Waals surface area contributed by atoms with Crippen LogP contribution in [0.1, 0.15) is 34.1 Å². The molecule has 88 valence electrons. The first kappa shape index (κ1) is 12.3. The second kappa shape index (κ2) is 4.39. The van der Waals surface area contributed by atoms with Crippen molar-refractivity contribution in [1.82, 2.24) is 4.90 Å². The summed E-state index contributed by atoms with van der Waals surface area (Å²) in [5.74, 6) is 0.399. The number of amides is 1. The molecule has 1 rings (SSSR count). The molecule has 2 N–H and O–H groups in total. The fourth-order valence-electron chi connectivity index (χ4n) is 1.95. The molecule has 0 aliphatic carbocycles. The van der Waals surface area contributed by atoms with Crippen molar-refractivity contribution in [2.24, 2.45) is 11.7 Å². The highest BCUT2D eigenvalue weighted by molar-refractivity contribution is 5.64. The Morgan fingerprint density at radius 3 is 2.53 bits per heavy atom. The van der Waals surface area contributed by atoms with E-state index in [0.29, 0.717) is 5.92 Å². The van der Waals surface area contributed by atoms with Crippen LogP contribution in [0.15, 0.2) is 0 Å². The summed E-state index contributed by atoms with van der Waals surface area (Å²) in [5.41, 5.74) is 5.18. The van der Waals surface area contributed by atoms with E-state index < -0.39 is 6.09 Å². The average molecular weight is 214 g/mol. The molecule has 0 aromatic carbocycles. The first-order valence-electron chi connectivity index (χ1n) is 5.52. The van der Waals surface area contributed by atoms with Crippen LogP contribution in [-0.2, 0) is 4.74 Å². The number of likely N-dealkylation sites (tertiary alicyclic amines) is 1. The molecule has 0 unspecified atom stereocenters. The van der Waals surface area contributed by atoms with Crippen molar-refractivity contribution in [3.63, 3.8) is 0 Å². The summed E-state index contributed by atoms with van der Waals surface area (Å²) in [6.45, 7) is 10.5. The van der Waals surface area contributed by atoms with E-state index in [1.165, 1.54) is 0 Å². The smallest absolute Gasteiger partial charge is 0.404 e. The predicted molar refractivity (Wildman–Crippen MR) is 59.6 cm³/mol. The minimum absolute atomic E-state index is 0.0597. The molecule has 15 heavy (non-hydrogen) atoms. The van der Waals surface area contributed by atoms with Gasteiger partial charge in [-0.1, -0.05) is 6.92 Å². The topological polar surface area (TPSA) is 55.6 Å². The highest BCUT2D eigenvalue weighted by atomic mass is 16.6. The second-order valence-corrected chi connectivity index (χ2v) is 5.36. The third kappa shape index (κ3) is 3.38. The summed E-state index contributed by atoms with van der Waals surface area (Å²) < 4.78 is 5.13. The standard InChI is InChI=1S/C11H22N2O2/c1-8-5-6-13(11(2,3)4)7-9(8)15-10(12)14/h8-9H,5-7H2,1-4H3,(H2,12,14)/t8-,9-/m0/s1. The van der Waals surface area contributed by atoms with E-state index in [9.17, 15) is 4.79 Å². The van der Waals surface area contributed by atoms with Crippen LogP contribution < -0.4 is 5.73 Å². The van der Waals surface area contributed by atoms with Gasteiger partial charge in [-0.3, -0.25) is 4.90 Å². The van der Waals surface area contributed by atoms with Gasteiger partial charge in [0.15, 0.2) is 0 Å². The summed E-state index contributed by atoms with van der Waals surface area (Å²) >= 11 is 0. The minimum atomic E-state index is -0.664. The van der Waals surface area contributed by atoms with Crippen molar-refractivity contribution in [1.29, 1.82) is 0 Å². The Kier molecular flexibility index (Phi) is 3.60. The van der Waals surface area contributed by atoms with Crippen LogP contribution in [-0.4, -0.2) is 35.7 Å². The SMILES string of the molecule is C[C@H]1CCN(C(C)(C)C)C[C@@H]1OC(N)=O. The molecular weight excluding hydrogens is 192 g/mol. The Hall–Kier alpha value is -0.770. The van der Waals surface area contributed by atoms with Crippen LogP contribution in [0.2, 0.25) is 0 Å². The quantitative estimate of drug-likeness (QED) is 0.721. The largest absolute Gasteiger partial charge is 0.445 e. The van der Waals surface area contributed by atoms with Crippen molar-refractivity contribution in [3.8, 4) is 0 Å². The van der Waals surface area contributed by atoms with Gasteiger partial charge in [-0.2, -0.15) is 0 Å². The van der Waals surface area contributed by atoms with Gasteiger partial charge in [-0.05, 0) is 39.7 Å². The normalized spacial score (nSPS) is 28.8. The predicted octanol–water partition coefficient (Wildman–Crippen LogP) is 1.59. The number of carbonyl (C=O) groups is 1. The van der Waals surface area contributed by atoms with Gasteiger partial charge in [0.2, 0.25) is 0 Å². The van der Waals surface area contributed by atoms with Gasteiger partial charge in [0.1, 0.15) is 6.10 Å². The molecule has 0 aromatic rings. The van der Waals surface area contributed by atoms with E-state index in [1.54, 1.807) is 0 Å². The first-order chi connectivity index (χ1) is 6.80.